The largest absolute Gasteiger partial charge is 0.459 e. The summed E-state index contributed by atoms with van der Waals surface area (Å²) in [7, 11) is 0. The van der Waals surface area contributed by atoms with Gasteiger partial charge < -0.3 is 15.6 Å². The molecule has 3 N–H and O–H groups in total. The van der Waals surface area contributed by atoms with Gasteiger partial charge >= 0.3 is 5.97 Å². The molecule has 5 heteroatoms. The van der Waals surface area contributed by atoms with Crippen molar-refractivity contribution < 1.29 is 14.6 Å². The van der Waals surface area contributed by atoms with Gasteiger partial charge in [0.2, 0.25) is 0 Å². The number of nitrogens with two attached hydrogens (primary N) is 1. The van der Waals surface area contributed by atoms with E-state index in [4.69, 9.17) is 10.5 Å². The molecule has 0 aliphatic carbocycles. The molecule has 0 saturated carbocycles. The van der Waals surface area contributed by atoms with Crippen molar-refractivity contribution in [3.05, 3.63) is 0 Å². The van der Waals surface area contributed by atoms with Crippen LogP contribution in [0.25, 0.3) is 0 Å². The topological polar surface area (TPSA) is 75.8 Å². The molecule has 3 atom stereocenters. The SMILES string of the molecule is CC(C)(C)OC(=O)CN1CC(N)CC(CC(O)C(C)(C)C)C1. The fraction of sp³-hybridized carbons (Fsp3) is 0.941. The van der Waals surface area contributed by atoms with Crippen molar-refractivity contribution in [1.29, 1.82) is 0 Å². The van der Waals surface area contributed by atoms with E-state index in [-0.39, 0.29) is 30.1 Å². The zero-order chi connectivity index (χ0) is 17.1. The predicted octanol–water partition coefficient (Wildman–Crippen LogP) is 1.77. The van der Waals surface area contributed by atoms with Crippen LogP contribution in [0.5, 0.6) is 0 Å². The molecule has 0 amide bonds. The van der Waals surface area contributed by atoms with Gasteiger partial charge in [-0.3, -0.25) is 9.69 Å². The van der Waals surface area contributed by atoms with E-state index in [0.717, 1.165) is 19.4 Å². The molecule has 1 saturated heterocycles. The van der Waals surface area contributed by atoms with Gasteiger partial charge in [-0.1, -0.05) is 20.8 Å². The molecule has 130 valence electrons. The second-order valence-corrected chi connectivity index (χ2v) is 8.76. The van der Waals surface area contributed by atoms with Crippen molar-refractivity contribution in [3.63, 3.8) is 0 Å². The molecule has 3 unspecified atom stereocenters. The zero-order valence-electron chi connectivity index (χ0n) is 15.1. The summed E-state index contributed by atoms with van der Waals surface area (Å²) in [5.41, 5.74) is 5.54. The summed E-state index contributed by atoms with van der Waals surface area (Å²) < 4.78 is 5.38. The maximum atomic E-state index is 12.0. The van der Waals surface area contributed by atoms with Crippen LogP contribution in [0, 0.1) is 11.3 Å². The van der Waals surface area contributed by atoms with Gasteiger partial charge in [0, 0.05) is 19.1 Å². The lowest BCUT2D eigenvalue weighted by Crippen LogP contribution is -2.50. The smallest absolute Gasteiger partial charge is 0.320 e. The Hall–Kier alpha value is -0.650. The Morgan fingerprint density at radius 2 is 1.86 bits per heavy atom. The van der Waals surface area contributed by atoms with Crippen LogP contribution in [-0.4, -0.2) is 53.4 Å². The van der Waals surface area contributed by atoms with Crippen LogP contribution < -0.4 is 5.73 Å². The molecule has 0 radical (unpaired) electrons. The van der Waals surface area contributed by atoms with Crippen LogP contribution in [-0.2, 0) is 9.53 Å². The van der Waals surface area contributed by atoms with E-state index in [1.54, 1.807) is 0 Å². The van der Waals surface area contributed by atoms with E-state index in [9.17, 15) is 9.90 Å². The summed E-state index contributed by atoms with van der Waals surface area (Å²) in [6, 6.07) is 0.0494. The van der Waals surface area contributed by atoms with Crippen LogP contribution in [0.4, 0.5) is 0 Å². The summed E-state index contributed by atoms with van der Waals surface area (Å²) in [6.07, 6.45) is 1.27. The van der Waals surface area contributed by atoms with Crippen LogP contribution in [0.15, 0.2) is 0 Å². The Balaban J connectivity index is 2.55. The standard InChI is InChI=1S/C17H34N2O3/c1-16(2,3)14(20)8-12-7-13(18)10-19(9-12)11-15(21)22-17(4,5)6/h12-14,20H,7-11,18H2,1-6H3. The van der Waals surface area contributed by atoms with Crippen molar-refractivity contribution in [2.45, 2.75) is 72.1 Å². The molecule has 0 aromatic heterocycles. The number of rotatable bonds is 4. The molecule has 22 heavy (non-hydrogen) atoms. The lowest BCUT2D eigenvalue weighted by atomic mass is 9.80. The normalized spacial score (nSPS) is 25.8. The van der Waals surface area contributed by atoms with Crippen LogP contribution >= 0.6 is 0 Å². The van der Waals surface area contributed by atoms with Crippen LogP contribution in [0.1, 0.15) is 54.4 Å². The van der Waals surface area contributed by atoms with Gasteiger partial charge in [0.15, 0.2) is 0 Å². The minimum absolute atomic E-state index is 0.0494. The number of piperidine rings is 1. The second kappa shape index (κ2) is 7.28. The number of aliphatic hydroxyl groups is 1. The van der Waals surface area contributed by atoms with Gasteiger partial charge in [-0.25, -0.2) is 0 Å². The molecule has 0 aromatic rings. The molecular formula is C17H34N2O3. The number of esters is 1. The second-order valence-electron chi connectivity index (χ2n) is 8.76. The number of nitrogens with zero attached hydrogens (tertiary/aromatic N) is 1. The highest BCUT2D eigenvalue weighted by molar-refractivity contribution is 5.72. The molecule has 0 bridgehead atoms. The third-order valence-electron chi connectivity index (χ3n) is 3.97. The maximum Gasteiger partial charge on any atom is 0.320 e. The number of hydrogen-bond acceptors (Lipinski definition) is 5. The van der Waals surface area contributed by atoms with Crippen molar-refractivity contribution >= 4 is 5.97 Å². The minimum atomic E-state index is -0.461. The zero-order valence-corrected chi connectivity index (χ0v) is 15.1. The number of aliphatic hydroxyl groups excluding tert-OH is 1. The van der Waals surface area contributed by atoms with Crippen molar-refractivity contribution in [2.75, 3.05) is 19.6 Å². The minimum Gasteiger partial charge on any atom is -0.459 e. The Labute approximate surface area is 135 Å². The van der Waals surface area contributed by atoms with Gasteiger partial charge in [-0.2, -0.15) is 0 Å². The molecule has 1 aliphatic heterocycles. The Morgan fingerprint density at radius 1 is 1.27 bits per heavy atom. The first-order valence-electron chi connectivity index (χ1n) is 8.24. The van der Waals surface area contributed by atoms with E-state index in [1.165, 1.54) is 0 Å². The predicted molar refractivity (Wildman–Crippen MR) is 88.4 cm³/mol. The molecular weight excluding hydrogens is 280 g/mol. The average Bonchev–Trinajstić information content (AvgIpc) is 2.23. The quantitative estimate of drug-likeness (QED) is 0.774. The highest BCUT2D eigenvalue weighted by atomic mass is 16.6. The fourth-order valence-corrected chi connectivity index (χ4v) is 2.87. The first-order valence-corrected chi connectivity index (χ1v) is 8.24. The lowest BCUT2D eigenvalue weighted by molar-refractivity contribution is -0.156. The summed E-state index contributed by atoms with van der Waals surface area (Å²) in [5.74, 6) is 0.108. The molecule has 0 spiro atoms. The lowest BCUT2D eigenvalue weighted by Gasteiger charge is -2.38. The van der Waals surface area contributed by atoms with E-state index in [0.29, 0.717) is 12.5 Å². The van der Waals surface area contributed by atoms with Gasteiger partial charge in [0.05, 0.1) is 12.6 Å². The van der Waals surface area contributed by atoms with Crippen LogP contribution in [0.2, 0.25) is 0 Å². The number of carbonyl (C=O) groups excluding carboxylic acids is 1. The van der Waals surface area contributed by atoms with E-state index in [2.05, 4.69) is 4.90 Å². The van der Waals surface area contributed by atoms with E-state index in [1.807, 2.05) is 41.5 Å². The Kier molecular flexibility index (Phi) is 6.42. The maximum absolute atomic E-state index is 12.0. The highest BCUT2D eigenvalue weighted by Gasteiger charge is 2.32. The molecule has 1 heterocycles. The molecule has 1 fully saturated rings. The summed E-state index contributed by atoms with van der Waals surface area (Å²) in [5, 5.41) is 10.3. The number of likely N-dealkylation sites (tertiary alicyclic amines) is 1. The van der Waals surface area contributed by atoms with Gasteiger partial charge in [0.1, 0.15) is 5.60 Å². The summed E-state index contributed by atoms with van der Waals surface area (Å²) in [6.45, 7) is 13.5. The first kappa shape index (κ1) is 19.4. The van der Waals surface area contributed by atoms with E-state index >= 15 is 0 Å². The molecule has 1 aliphatic rings. The fourth-order valence-electron chi connectivity index (χ4n) is 2.87. The highest BCUT2D eigenvalue weighted by Crippen LogP contribution is 2.28. The number of carbonyl (C=O) groups is 1. The summed E-state index contributed by atoms with van der Waals surface area (Å²) in [4.78, 5) is 14.0. The molecule has 0 aromatic carbocycles. The number of hydrogen-bond donors (Lipinski definition) is 2. The number of ether oxygens (including phenoxy) is 1. The Bertz CT molecular complexity index is 371. The van der Waals surface area contributed by atoms with Crippen molar-refractivity contribution in [3.8, 4) is 0 Å². The van der Waals surface area contributed by atoms with Crippen LogP contribution in [0.3, 0.4) is 0 Å². The van der Waals surface area contributed by atoms with Crippen molar-refractivity contribution in [2.24, 2.45) is 17.1 Å². The molecule has 5 nitrogen and oxygen atoms in total. The third kappa shape index (κ3) is 7.07. The molecule has 1 rings (SSSR count). The van der Waals surface area contributed by atoms with Gasteiger partial charge in [0.25, 0.3) is 0 Å². The monoisotopic (exact) mass is 314 g/mol. The first-order chi connectivity index (χ1) is 9.87. The van der Waals surface area contributed by atoms with Gasteiger partial charge in [-0.15, -0.1) is 0 Å². The average molecular weight is 314 g/mol. The Morgan fingerprint density at radius 3 is 2.36 bits per heavy atom. The van der Waals surface area contributed by atoms with Gasteiger partial charge in [-0.05, 0) is 44.9 Å². The summed E-state index contributed by atoms with van der Waals surface area (Å²) >= 11 is 0. The third-order valence-corrected chi connectivity index (χ3v) is 3.97. The van der Waals surface area contributed by atoms with E-state index < -0.39 is 5.60 Å². The van der Waals surface area contributed by atoms with Crippen molar-refractivity contribution in [1.82, 2.24) is 4.90 Å².